The van der Waals surface area contributed by atoms with Crippen molar-refractivity contribution in [3.05, 3.63) is 0 Å². The van der Waals surface area contributed by atoms with Gasteiger partial charge in [-0.15, -0.1) is 0 Å². The molecule has 2 amide bonds. The van der Waals surface area contributed by atoms with Crippen molar-refractivity contribution in [2.24, 2.45) is 5.92 Å². The SMILES string of the molecule is O=C(NC1(C(=O)O)CCOCC1)C1CC(=O)N(C2CC2)C1. The Kier molecular flexibility index (Phi) is 3.61. The van der Waals surface area contributed by atoms with E-state index in [0.29, 0.717) is 25.8 Å². The van der Waals surface area contributed by atoms with Gasteiger partial charge in [0.1, 0.15) is 5.54 Å². The molecule has 0 spiro atoms. The molecule has 0 radical (unpaired) electrons. The van der Waals surface area contributed by atoms with Crippen LogP contribution in [0.3, 0.4) is 0 Å². The average molecular weight is 296 g/mol. The number of nitrogens with zero attached hydrogens (tertiary/aromatic N) is 1. The van der Waals surface area contributed by atoms with Crippen molar-refractivity contribution < 1.29 is 24.2 Å². The van der Waals surface area contributed by atoms with E-state index in [9.17, 15) is 19.5 Å². The Morgan fingerprint density at radius 2 is 1.95 bits per heavy atom. The molecule has 7 nitrogen and oxygen atoms in total. The smallest absolute Gasteiger partial charge is 0.329 e. The Labute approximate surface area is 122 Å². The van der Waals surface area contributed by atoms with Crippen LogP contribution in [0.15, 0.2) is 0 Å². The fourth-order valence-electron chi connectivity index (χ4n) is 3.10. The summed E-state index contributed by atoms with van der Waals surface area (Å²) in [5.74, 6) is -1.77. The van der Waals surface area contributed by atoms with Crippen LogP contribution in [0.2, 0.25) is 0 Å². The fourth-order valence-corrected chi connectivity index (χ4v) is 3.10. The third kappa shape index (κ3) is 2.74. The van der Waals surface area contributed by atoms with E-state index >= 15 is 0 Å². The second-order valence-electron chi connectivity index (χ2n) is 6.17. The largest absolute Gasteiger partial charge is 0.480 e. The lowest BCUT2D eigenvalue weighted by Crippen LogP contribution is -2.58. The monoisotopic (exact) mass is 296 g/mol. The second kappa shape index (κ2) is 5.29. The maximum absolute atomic E-state index is 12.4. The first kappa shape index (κ1) is 14.3. The number of amides is 2. The van der Waals surface area contributed by atoms with Gasteiger partial charge in [-0.2, -0.15) is 0 Å². The lowest BCUT2D eigenvalue weighted by molar-refractivity contribution is -0.152. The van der Waals surface area contributed by atoms with Gasteiger partial charge in [-0.3, -0.25) is 9.59 Å². The van der Waals surface area contributed by atoms with Gasteiger partial charge in [0, 0.05) is 45.1 Å². The van der Waals surface area contributed by atoms with Crippen molar-refractivity contribution in [3.8, 4) is 0 Å². The van der Waals surface area contributed by atoms with Gasteiger partial charge in [-0.05, 0) is 12.8 Å². The molecule has 3 fully saturated rings. The van der Waals surface area contributed by atoms with Crippen LogP contribution in [-0.4, -0.2) is 59.1 Å². The summed E-state index contributed by atoms with van der Waals surface area (Å²) in [5.41, 5.74) is -1.24. The number of nitrogens with one attached hydrogen (secondary N) is 1. The lowest BCUT2D eigenvalue weighted by Gasteiger charge is -2.34. The Balaban J connectivity index is 1.65. The summed E-state index contributed by atoms with van der Waals surface area (Å²) in [6, 6.07) is 0.298. The van der Waals surface area contributed by atoms with Crippen LogP contribution in [0.4, 0.5) is 0 Å². The predicted octanol–water partition coefficient (Wildman–Crippen LogP) is -0.253. The molecule has 2 aliphatic heterocycles. The van der Waals surface area contributed by atoms with Crippen LogP contribution in [0.5, 0.6) is 0 Å². The number of carbonyl (C=O) groups excluding carboxylic acids is 2. The third-order valence-corrected chi connectivity index (χ3v) is 4.64. The number of carboxylic acids is 1. The summed E-state index contributed by atoms with van der Waals surface area (Å²) >= 11 is 0. The van der Waals surface area contributed by atoms with Crippen molar-refractivity contribution in [1.29, 1.82) is 0 Å². The van der Waals surface area contributed by atoms with Crippen LogP contribution in [-0.2, 0) is 19.1 Å². The Bertz CT molecular complexity index is 468. The van der Waals surface area contributed by atoms with E-state index < -0.39 is 17.4 Å². The molecule has 0 aromatic rings. The van der Waals surface area contributed by atoms with Crippen LogP contribution >= 0.6 is 0 Å². The predicted molar refractivity (Wildman–Crippen MR) is 71.4 cm³/mol. The minimum Gasteiger partial charge on any atom is -0.480 e. The molecule has 1 unspecified atom stereocenters. The van der Waals surface area contributed by atoms with Gasteiger partial charge in [0.2, 0.25) is 11.8 Å². The van der Waals surface area contributed by atoms with Gasteiger partial charge in [-0.25, -0.2) is 4.79 Å². The number of carbonyl (C=O) groups is 3. The van der Waals surface area contributed by atoms with Crippen LogP contribution in [0.1, 0.15) is 32.1 Å². The molecule has 7 heteroatoms. The van der Waals surface area contributed by atoms with E-state index in [1.165, 1.54) is 0 Å². The molecule has 1 saturated carbocycles. The topological polar surface area (TPSA) is 95.9 Å². The molecular weight excluding hydrogens is 276 g/mol. The number of hydrogen-bond donors (Lipinski definition) is 2. The van der Waals surface area contributed by atoms with Crippen molar-refractivity contribution in [2.45, 2.75) is 43.7 Å². The summed E-state index contributed by atoms with van der Waals surface area (Å²) in [6.07, 6.45) is 2.74. The zero-order valence-corrected chi connectivity index (χ0v) is 11.8. The standard InChI is InChI=1S/C14H20N2O5/c17-11-7-9(8-16(11)10-1-2-10)12(18)15-14(13(19)20)3-5-21-6-4-14/h9-10H,1-8H2,(H,15,18)(H,19,20). The van der Waals surface area contributed by atoms with Crippen LogP contribution in [0.25, 0.3) is 0 Å². The molecule has 2 N–H and O–H groups in total. The molecule has 2 heterocycles. The number of hydrogen-bond acceptors (Lipinski definition) is 4. The maximum Gasteiger partial charge on any atom is 0.329 e. The van der Waals surface area contributed by atoms with Gasteiger partial charge >= 0.3 is 5.97 Å². The number of carboxylic acid groups (broad SMARTS) is 1. The number of likely N-dealkylation sites (tertiary alicyclic amines) is 1. The molecule has 1 atom stereocenters. The summed E-state index contributed by atoms with van der Waals surface area (Å²) in [4.78, 5) is 37.5. The lowest BCUT2D eigenvalue weighted by atomic mass is 9.89. The summed E-state index contributed by atoms with van der Waals surface area (Å²) in [5, 5.41) is 12.1. The minimum absolute atomic E-state index is 0.00834. The fraction of sp³-hybridized carbons (Fsp3) is 0.786. The van der Waals surface area contributed by atoms with Gasteiger partial charge < -0.3 is 20.1 Å². The highest BCUT2D eigenvalue weighted by molar-refractivity contribution is 5.93. The maximum atomic E-state index is 12.4. The van der Waals surface area contributed by atoms with Gasteiger partial charge in [0.05, 0.1) is 5.92 Å². The Morgan fingerprint density at radius 3 is 2.52 bits per heavy atom. The summed E-state index contributed by atoms with van der Waals surface area (Å²) in [7, 11) is 0. The van der Waals surface area contributed by atoms with E-state index in [0.717, 1.165) is 12.8 Å². The Hall–Kier alpha value is -1.63. The van der Waals surface area contributed by atoms with E-state index in [4.69, 9.17) is 4.74 Å². The molecule has 0 aromatic carbocycles. The molecule has 116 valence electrons. The van der Waals surface area contributed by atoms with Gasteiger partial charge in [0.25, 0.3) is 0 Å². The van der Waals surface area contributed by atoms with Crippen LogP contribution < -0.4 is 5.32 Å². The van der Waals surface area contributed by atoms with E-state index in [2.05, 4.69) is 5.32 Å². The number of ether oxygens (including phenoxy) is 1. The average Bonchev–Trinajstić information content (AvgIpc) is 3.22. The van der Waals surface area contributed by atoms with Crippen molar-refractivity contribution in [2.75, 3.05) is 19.8 Å². The normalized spacial score (nSPS) is 28.5. The highest BCUT2D eigenvalue weighted by Crippen LogP contribution is 2.33. The quantitative estimate of drug-likeness (QED) is 0.745. The zero-order valence-electron chi connectivity index (χ0n) is 11.8. The highest BCUT2D eigenvalue weighted by Gasteiger charge is 2.46. The van der Waals surface area contributed by atoms with E-state index in [1.54, 1.807) is 4.90 Å². The number of aliphatic carboxylic acids is 1. The van der Waals surface area contributed by atoms with Crippen molar-refractivity contribution in [3.63, 3.8) is 0 Å². The van der Waals surface area contributed by atoms with Crippen LogP contribution in [0, 0.1) is 5.92 Å². The first-order chi connectivity index (χ1) is 10.0. The first-order valence-corrected chi connectivity index (χ1v) is 7.44. The molecule has 3 aliphatic rings. The first-order valence-electron chi connectivity index (χ1n) is 7.44. The molecule has 1 aliphatic carbocycles. The van der Waals surface area contributed by atoms with Gasteiger partial charge in [-0.1, -0.05) is 0 Å². The van der Waals surface area contributed by atoms with Crippen molar-refractivity contribution >= 4 is 17.8 Å². The van der Waals surface area contributed by atoms with Crippen molar-refractivity contribution in [1.82, 2.24) is 10.2 Å². The third-order valence-electron chi connectivity index (χ3n) is 4.64. The van der Waals surface area contributed by atoms with Gasteiger partial charge in [0.15, 0.2) is 0 Å². The molecule has 0 bridgehead atoms. The number of rotatable bonds is 4. The molecule has 2 saturated heterocycles. The molecule has 21 heavy (non-hydrogen) atoms. The molecule has 3 rings (SSSR count). The molecular formula is C14H20N2O5. The zero-order chi connectivity index (χ0) is 15.0. The van der Waals surface area contributed by atoms with E-state index in [-0.39, 0.29) is 31.1 Å². The summed E-state index contributed by atoms with van der Waals surface area (Å²) < 4.78 is 5.18. The minimum atomic E-state index is -1.24. The summed E-state index contributed by atoms with van der Waals surface area (Å²) in [6.45, 7) is 1.07. The highest BCUT2D eigenvalue weighted by atomic mass is 16.5. The Morgan fingerprint density at radius 1 is 1.29 bits per heavy atom. The molecule has 0 aromatic heterocycles. The van der Waals surface area contributed by atoms with E-state index in [1.807, 2.05) is 0 Å². The second-order valence-corrected chi connectivity index (χ2v) is 6.17.